The summed E-state index contributed by atoms with van der Waals surface area (Å²) < 4.78 is 27.9. The van der Waals surface area contributed by atoms with E-state index in [1.807, 2.05) is 63.2 Å². The lowest BCUT2D eigenvalue weighted by molar-refractivity contribution is 0.362. The summed E-state index contributed by atoms with van der Waals surface area (Å²) in [5, 5.41) is 1.27. The Labute approximate surface area is 165 Å². The highest BCUT2D eigenvalue weighted by Gasteiger charge is 2.26. The molecule has 0 aliphatic heterocycles. The summed E-state index contributed by atoms with van der Waals surface area (Å²) in [7, 11) is -3.63. The van der Waals surface area contributed by atoms with Crippen LogP contribution < -0.4 is 0 Å². The van der Waals surface area contributed by atoms with Crippen molar-refractivity contribution in [1.82, 2.24) is 9.29 Å². The van der Waals surface area contributed by atoms with E-state index in [0.717, 1.165) is 16.5 Å². The Bertz CT molecular complexity index is 1050. The molecule has 2 aromatic carbocycles. The third kappa shape index (κ3) is 4.49. The molecule has 6 heteroatoms. The largest absolute Gasteiger partial charge is 0.243 e. The van der Waals surface area contributed by atoms with Gasteiger partial charge in [-0.1, -0.05) is 61.3 Å². The summed E-state index contributed by atoms with van der Waals surface area (Å²) >= 11 is 6.37. The number of halogens is 1. The third-order valence-electron chi connectivity index (χ3n) is 4.32. The number of sulfonamides is 1. The van der Waals surface area contributed by atoms with E-state index >= 15 is 0 Å². The number of aryl methyl sites for hydroxylation is 1. The Kier molecular flexibility index (Phi) is 5.84. The van der Waals surface area contributed by atoms with Gasteiger partial charge in [-0.2, -0.15) is 4.31 Å². The van der Waals surface area contributed by atoms with Crippen LogP contribution in [0.15, 0.2) is 59.5 Å². The molecular formula is C21H23ClN2O2S. The fraction of sp³-hybridized carbons (Fsp3) is 0.286. The van der Waals surface area contributed by atoms with Crippen molar-refractivity contribution >= 4 is 32.5 Å². The Morgan fingerprint density at radius 1 is 1.07 bits per heavy atom. The molecule has 0 unspecified atom stereocenters. The number of nitrogens with zero attached hydrogens (tertiary/aromatic N) is 2. The quantitative estimate of drug-likeness (QED) is 0.542. The molecule has 3 aromatic rings. The summed E-state index contributed by atoms with van der Waals surface area (Å²) in [5.74, 6) is 0.178. The van der Waals surface area contributed by atoms with Crippen LogP contribution in [0, 0.1) is 12.8 Å². The predicted molar refractivity (Wildman–Crippen MR) is 110 cm³/mol. The first-order valence-electron chi connectivity index (χ1n) is 8.88. The van der Waals surface area contributed by atoms with Crippen LogP contribution in [0.5, 0.6) is 0 Å². The van der Waals surface area contributed by atoms with Gasteiger partial charge < -0.3 is 0 Å². The number of fused-ring (bicyclic) bond motifs is 1. The van der Waals surface area contributed by atoms with Crippen molar-refractivity contribution in [3.8, 4) is 0 Å². The van der Waals surface area contributed by atoms with Gasteiger partial charge in [-0.05, 0) is 37.1 Å². The minimum absolute atomic E-state index is 0.178. The van der Waals surface area contributed by atoms with Crippen LogP contribution in [-0.2, 0) is 16.6 Å². The van der Waals surface area contributed by atoms with Crippen molar-refractivity contribution in [1.29, 1.82) is 0 Å². The van der Waals surface area contributed by atoms with Crippen molar-refractivity contribution in [2.75, 3.05) is 6.54 Å². The second-order valence-electron chi connectivity index (χ2n) is 7.14. The molecule has 1 heterocycles. The van der Waals surface area contributed by atoms with Gasteiger partial charge >= 0.3 is 0 Å². The van der Waals surface area contributed by atoms with E-state index in [0.29, 0.717) is 22.2 Å². The van der Waals surface area contributed by atoms with Crippen LogP contribution in [0.4, 0.5) is 0 Å². The lowest BCUT2D eigenvalue weighted by Crippen LogP contribution is -2.34. The van der Waals surface area contributed by atoms with Crippen LogP contribution in [0.2, 0.25) is 5.15 Å². The molecule has 0 aliphatic carbocycles. The fourth-order valence-electron chi connectivity index (χ4n) is 2.95. The first kappa shape index (κ1) is 19.8. The highest BCUT2D eigenvalue weighted by Crippen LogP contribution is 2.25. The summed E-state index contributed by atoms with van der Waals surface area (Å²) in [6, 6.07) is 16.5. The molecule has 0 saturated heterocycles. The normalized spacial score (nSPS) is 12.2. The number of aromatic nitrogens is 1. The smallest absolute Gasteiger partial charge is 0.236 e. The van der Waals surface area contributed by atoms with E-state index in [1.54, 1.807) is 12.1 Å². The maximum absolute atomic E-state index is 13.2. The lowest BCUT2D eigenvalue weighted by Gasteiger charge is -2.24. The molecule has 0 N–H and O–H groups in total. The zero-order valence-electron chi connectivity index (χ0n) is 15.7. The molecule has 0 amide bonds. The monoisotopic (exact) mass is 402 g/mol. The Morgan fingerprint density at radius 2 is 1.74 bits per heavy atom. The minimum atomic E-state index is -3.63. The molecule has 142 valence electrons. The van der Waals surface area contributed by atoms with Crippen molar-refractivity contribution in [3.63, 3.8) is 0 Å². The maximum Gasteiger partial charge on any atom is 0.243 e. The van der Waals surface area contributed by atoms with Crippen LogP contribution in [0.25, 0.3) is 10.9 Å². The van der Waals surface area contributed by atoms with Gasteiger partial charge in [-0.15, -0.1) is 0 Å². The van der Waals surface area contributed by atoms with E-state index in [1.165, 1.54) is 4.31 Å². The van der Waals surface area contributed by atoms with Gasteiger partial charge in [0.15, 0.2) is 0 Å². The molecule has 4 nitrogen and oxygen atoms in total. The summed E-state index contributed by atoms with van der Waals surface area (Å²) in [4.78, 5) is 4.71. The van der Waals surface area contributed by atoms with E-state index in [4.69, 9.17) is 11.6 Å². The predicted octanol–water partition coefficient (Wildman–Crippen LogP) is 5.04. The molecule has 1 aromatic heterocycles. The number of rotatable bonds is 6. The van der Waals surface area contributed by atoms with Crippen LogP contribution in [0.3, 0.4) is 0 Å². The van der Waals surface area contributed by atoms with Gasteiger partial charge in [0.05, 0.1) is 10.4 Å². The van der Waals surface area contributed by atoms with Crippen molar-refractivity contribution < 1.29 is 8.42 Å². The van der Waals surface area contributed by atoms with E-state index < -0.39 is 10.0 Å². The van der Waals surface area contributed by atoms with Gasteiger partial charge in [0.25, 0.3) is 0 Å². The Hall–Kier alpha value is -1.95. The second kappa shape index (κ2) is 7.97. The molecule has 0 radical (unpaired) electrons. The number of hydrogen-bond donors (Lipinski definition) is 0. The molecule has 0 bridgehead atoms. The van der Waals surface area contributed by atoms with Gasteiger partial charge in [0, 0.05) is 24.0 Å². The molecule has 0 saturated carbocycles. The van der Waals surface area contributed by atoms with Gasteiger partial charge in [0.2, 0.25) is 10.0 Å². The minimum Gasteiger partial charge on any atom is -0.236 e. The van der Waals surface area contributed by atoms with Gasteiger partial charge in [-0.25, -0.2) is 13.4 Å². The van der Waals surface area contributed by atoms with E-state index in [2.05, 4.69) is 4.98 Å². The van der Waals surface area contributed by atoms with Crippen LogP contribution in [-0.4, -0.2) is 24.3 Å². The second-order valence-corrected chi connectivity index (χ2v) is 9.43. The van der Waals surface area contributed by atoms with Crippen molar-refractivity contribution in [2.45, 2.75) is 32.2 Å². The number of pyridine rings is 1. The first-order chi connectivity index (χ1) is 12.8. The topological polar surface area (TPSA) is 50.3 Å². The van der Waals surface area contributed by atoms with E-state index in [-0.39, 0.29) is 12.5 Å². The zero-order valence-corrected chi connectivity index (χ0v) is 17.3. The molecule has 27 heavy (non-hydrogen) atoms. The lowest BCUT2D eigenvalue weighted by atomic mass is 10.1. The Morgan fingerprint density at radius 3 is 2.41 bits per heavy atom. The van der Waals surface area contributed by atoms with Crippen LogP contribution >= 0.6 is 11.6 Å². The number of hydrogen-bond acceptors (Lipinski definition) is 3. The Balaban J connectivity index is 2.00. The molecular weight excluding hydrogens is 380 g/mol. The zero-order chi connectivity index (χ0) is 19.6. The van der Waals surface area contributed by atoms with Crippen molar-refractivity contribution in [2.24, 2.45) is 5.92 Å². The molecule has 3 rings (SSSR count). The summed E-state index contributed by atoms with van der Waals surface area (Å²) in [5.41, 5.74) is 2.51. The number of benzene rings is 2. The standard InChI is InChI=1S/C21H23ClN2O2S/c1-15(2)13-24(27(25,26)19-10-8-16(3)9-11-19)14-18-12-17-6-4-5-7-20(17)23-21(18)22/h4-12,15H,13-14H2,1-3H3. The van der Waals surface area contributed by atoms with Gasteiger partial charge in [0.1, 0.15) is 5.15 Å². The SMILES string of the molecule is Cc1ccc(S(=O)(=O)N(Cc2cc3ccccc3nc2Cl)CC(C)C)cc1. The average molecular weight is 403 g/mol. The van der Waals surface area contributed by atoms with Crippen molar-refractivity contribution in [3.05, 3.63) is 70.9 Å². The number of para-hydroxylation sites is 1. The highest BCUT2D eigenvalue weighted by atomic mass is 35.5. The third-order valence-corrected chi connectivity index (χ3v) is 6.48. The maximum atomic E-state index is 13.2. The molecule has 0 fully saturated rings. The summed E-state index contributed by atoms with van der Waals surface area (Å²) in [6.07, 6.45) is 0. The molecule has 0 spiro atoms. The van der Waals surface area contributed by atoms with Crippen LogP contribution in [0.1, 0.15) is 25.0 Å². The van der Waals surface area contributed by atoms with Gasteiger partial charge in [-0.3, -0.25) is 0 Å². The molecule has 0 aliphatic rings. The fourth-order valence-corrected chi connectivity index (χ4v) is 4.74. The first-order valence-corrected chi connectivity index (χ1v) is 10.7. The highest BCUT2D eigenvalue weighted by molar-refractivity contribution is 7.89. The summed E-state index contributed by atoms with van der Waals surface area (Å²) in [6.45, 7) is 6.52. The molecule has 0 atom stereocenters. The average Bonchev–Trinajstić information content (AvgIpc) is 2.61. The van der Waals surface area contributed by atoms with E-state index in [9.17, 15) is 8.42 Å².